The second-order valence-corrected chi connectivity index (χ2v) is 8.40. The lowest BCUT2D eigenvalue weighted by atomic mass is 10.0. The second kappa shape index (κ2) is 7.84. The highest BCUT2D eigenvalue weighted by Crippen LogP contribution is 2.27. The molecule has 1 aliphatic rings. The van der Waals surface area contributed by atoms with Gasteiger partial charge in [0.05, 0.1) is 4.34 Å². The molecule has 1 fully saturated rings. The topological polar surface area (TPSA) is 49.6 Å². The van der Waals surface area contributed by atoms with Gasteiger partial charge in [0.2, 0.25) is 0 Å². The first-order valence-electron chi connectivity index (χ1n) is 8.89. The lowest BCUT2D eigenvalue weighted by Gasteiger charge is -2.34. The third-order valence-electron chi connectivity index (χ3n) is 4.79. The predicted molar refractivity (Wildman–Crippen MR) is 107 cm³/mol. The van der Waals surface area contributed by atoms with Gasteiger partial charge in [0, 0.05) is 43.2 Å². The van der Waals surface area contributed by atoms with Gasteiger partial charge in [-0.15, -0.1) is 11.3 Å². The SMILES string of the molecule is Cc1onc(-c2ccccc2)c1C(=O)N1CCN(Cc2ccc(Cl)s2)CC1. The summed E-state index contributed by atoms with van der Waals surface area (Å²) in [6.07, 6.45) is 0. The highest BCUT2D eigenvalue weighted by Gasteiger charge is 2.28. The summed E-state index contributed by atoms with van der Waals surface area (Å²) in [7, 11) is 0. The lowest BCUT2D eigenvalue weighted by molar-refractivity contribution is 0.0628. The van der Waals surface area contributed by atoms with Gasteiger partial charge in [-0.05, 0) is 19.1 Å². The smallest absolute Gasteiger partial charge is 0.259 e. The van der Waals surface area contributed by atoms with Crippen LogP contribution in [0.1, 0.15) is 21.0 Å². The van der Waals surface area contributed by atoms with E-state index in [4.69, 9.17) is 16.1 Å². The minimum absolute atomic E-state index is 0.00794. The summed E-state index contributed by atoms with van der Waals surface area (Å²) in [5, 5.41) is 4.13. The number of carbonyl (C=O) groups is 1. The molecule has 140 valence electrons. The third-order valence-corrected chi connectivity index (χ3v) is 6.01. The van der Waals surface area contributed by atoms with Gasteiger partial charge in [0.1, 0.15) is 17.0 Å². The summed E-state index contributed by atoms with van der Waals surface area (Å²) in [6, 6.07) is 13.7. The largest absolute Gasteiger partial charge is 0.360 e. The predicted octanol–water partition coefficient (Wildman–Crippen LogP) is 4.32. The molecule has 0 radical (unpaired) electrons. The van der Waals surface area contributed by atoms with E-state index in [1.807, 2.05) is 41.3 Å². The molecule has 27 heavy (non-hydrogen) atoms. The van der Waals surface area contributed by atoms with Crippen LogP contribution in [0, 0.1) is 6.92 Å². The van der Waals surface area contributed by atoms with Crippen LogP contribution in [0.3, 0.4) is 0 Å². The maximum Gasteiger partial charge on any atom is 0.259 e. The highest BCUT2D eigenvalue weighted by molar-refractivity contribution is 7.16. The van der Waals surface area contributed by atoms with Crippen molar-refractivity contribution in [2.45, 2.75) is 13.5 Å². The fourth-order valence-electron chi connectivity index (χ4n) is 3.34. The molecule has 2 aromatic heterocycles. The molecule has 5 nitrogen and oxygen atoms in total. The Kier molecular flexibility index (Phi) is 5.29. The zero-order valence-electron chi connectivity index (χ0n) is 15.0. The van der Waals surface area contributed by atoms with Crippen molar-refractivity contribution in [3.05, 3.63) is 63.0 Å². The molecule has 0 aliphatic carbocycles. The second-order valence-electron chi connectivity index (χ2n) is 6.60. The van der Waals surface area contributed by atoms with Gasteiger partial charge in [-0.25, -0.2) is 0 Å². The number of carbonyl (C=O) groups excluding carboxylic acids is 1. The fourth-order valence-corrected chi connectivity index (χ4v) is 4.47. The Hall–Kier alpha value is -2.15. The molecule has 1 aromatic carbocycles. The molecule has 7 heteroatoms. The monoisotopic (exact) mass is 401 g/mol. The number of amides is 1. The van der Waals surface area contributed by atoms with Crippen LogP contribution in [0.5, 0.6) is 0 Å². The van der Waals surface area contributed by atoms with Crippen LogP contribution >= 0.6 is 22.9 Å². The number of thiophene rings is 1. The number of aryl methyl sites for hydroxylation is 1. The molecule has 0 N–H and O–H groups in total. The maximum absolute atomic E-state index is 13.1. The average Bonchev–Trinajstić information content (AvgIpc) is 3.28. The number of piperazine rings is 1. The van der Waals surface area contributed by atoms with Crippen LogP contribution in [-0.4, -0.2) is 47.0 Å². The first kappa shape index (κ1) is 18.2. The van der Waals surface area contributed by atoms with E-state index in [-0.39, 0.29) is 5.91 Å². The Balaban J connectivity index is 1.45. The molecule has 3 heterocycles. The van der Waals surface area contributed by atoms with Crippen molar-refractivity contribution in [3.63, 3.8) is 0 Å². The summed E-state index contributed by atoms with van der Waals surface area (Å²) < 4.78 is 6.16. The third kappa shape index (κ3) is 3.93. The summed E-state index contributed by atoms with van der Waals surface area (Å²) in [4.78, 5) is 18.6. The van der Waals surface area contributed by atoms with Gasteiger partial charge in [-0.3, -0.25) is 9.69 Å². The van der Waals surface area contributed by atoms with Crippen LogP contribution in [0.15, 0.2) is 47.0 Å². The van der Waals surface area contributed by atoms with Crippen molar-refractivity contribution < 1.29 is 9.32 Å². The Bertz CT molecular complexity index is 930. The van der Waals surface area contributed by atoms with Gasteiger partial charge in [0.15, 0.2) is 0 Å². The highest BCUT2D eigenvalue weighted by atomic mass is 35.5. The zero-order chi connectivity index (χ0) is 18.8. The van der Waals surface area contributed by atoms with E-state index in [2.05, 4.69) is 16.1 Å². The molecular weight excluding hydrogens is 382 g/mol. The normalized spacial score (nSPS) is 15.3. The standard InChI is InChI=1S/C20H20ClN3O2S/c1-14-18(19(22-26-14)15-5-3-2-4-6-15)20(25)24-11-9-23(10-12-24)13-16-7-8-17(21)27-16/h2-8H,9-13H2,1H3. The fraction of sp³-hybridized carbons (Fsp3) is 0.300. The number of aromatic nitrogens is 1. The van der Waals surface area contributed by atoms with Crippen molar-refractivity contribution in [2.24, 2.45) is 0 Å². The maximum atomic E-state index is 13.1. The van der Waals surface area contributed by atoms with E-state index in [0.717, 1.165) is 29.5 Å². The van der Waals surface area contributed by atoms with Gasteiger partial charge in [-0.2, -0.15) is 0 Å². The van der Waals surface area contributed by atoms with E-state index in [1.54, 1.807) is 18.3 Å². The van der Waals surface area contributed by atoms with Gasteiger partial charge in [-0.1, -0.05) is 47.1 Å². The first-order valence-corrected chi connectivity index (χ1v) is 10.1. The molecular formula is C20H20ClN3O2S. The molecule has 1 amide bonds. The van der Waals surface area contributed by atoms with E-state index in [1.165, 1.54) is 4.88 Å². The van der Waals surface area contributed by atoms with Crippen LogP contribution in [0.4, 0.5) is 0 Å². The van der Waals surface area contributed by atoms with Gasteiger partial charge in [0.25, 0.3) is 5.91 Å². The zero-order valence-corrected chi connectivity index (χ0v) is 16.6. The Morgan fingerprint density at radius 1 is 1.15 bits per heavy atom. The quantitative estimate of drug-likeness (QED) is 0.653. The van der Waals surface area contributed by atoms with Crippen molar-refractivity contribution >= 4 is 28.8 Å². The molecule has 0 atom stereocenters. The molecule has 0 bridgehead atoms. The molecule has 4 rings (SSSR count). The Labute approximate surface area is 167 Å². The summed E-state index contributed by atoms with van der Waals surface area (Å²) in [5.74, 6) is 0.556. The summed E-state index contributed by atoms with van der Waals surface area (Å²) >= 11 is 7.62. The average molecular weight is 402 g/mol. The number of nitrogens with zero attached hydrogens (tertiary/aromatic N) is 3. The molecule has 0 unspecified atom stereocenters. The summed E-state index contributed by atoms with van der Waals surface area (Å²) in [6.45, 7) is 5.73. The van der Waals surface area contributed by atoms with Crippen molar-refractivity contribution in [1.82, 2.24) is 15.0 Å². The van der Waals surface area contributed by atoms with Crippen LogP contribution in [0.25, 0.3) is 11.3 Å². The Morgan fingerprint density at radius 2 is 1.89 bits per heavy atom. The first-order chi connectivity index (χ1) is 13.1. The minimum atomic E-state index is -0.00794. The van der Waals surface area contributed by atoms with Crippen molar-refractivity contribution in [1.29, 1.82) is 0 Å². The summed E-state index contributed by atoms with van der Waals surface area (Å²) in [5.41, 5.74) is 2.08. The molecule has 1 aliphatic heterocycles. The lowest BCUT2D eigenvalue weighted by Crippen LogP contribution is -2.48. The van der Waals surface area contributed by atoms with Crippen LogP contribution in [-0.2, 0) is 6.54 Å². The van der Waals surface area contributed by atoms with E-state index in [0.29, 0.717) is 30.1 Å². The molecule has 3 aromatic rings. The van der Waals surface area contributed by atoms with Crippen molar-refractivity contribution in [2.75, 3.05) is 26.2 Å². The number of hydrogen-bond donors (Lipinski definition) is 0. The number of halogens is 1. The number of benzene rings is 1. The van der Waals surface area contributed by atoms with Gasteiger partial charge < -0.3 is 9.42 Å². The number of hydrogen-bond acceptors (Lipinski definition) is 5. The van der Waals surface area contributed by atoms with Gasteiger partial charge >= 0.3 is 0 Å². The van der Waals surface area contributed by atoms with E-state index < -0.39 is 0 Å². The van der Waals surface area contributed by atoms with Crippen molar-refractivity contribution in [3.8, 4) is 11.3 Å². The Morgan fingerprint density at radius 3 is 2.56 bits per heavy atom. The van der Waals surface area contributed by atoms with E-state index >= 15 is 0 Å². The minimum Gasteiger partial charge on any atom is -0.360 e. The number of rotatable bonds is 4. The molecule has 1 saturated heterocycles. The van der Waals surface area contributed by atoms with Crippen LogP contribution in [0.2, 0.25) is 4.34 Å². The van der Waals surface area contributed by atoms with E-state index in [9.17, 15) is 4.79 Å². The van der Waals surface area contributed by atoms with Crippen LogP contribution < -0.4 is 0 Å². The molecule has 0 saturated carbocycles. The molecule has 0 spiro atoms.